The van der Waals surface area contributed by atoms with Gasteiger partial charge in [-0.15, -0.1) is 0 Å². The number of nitrogens with two attached hydrogens (primary N) is 1. The first kappa shape index (κ1) is 14.7. The highest BCUT2D eigenvalue weighted by molar-refractivity contribution is 5.92. The lowest BCUT2D eigenvalue weighted by Gasteiger charge is -2.11. The Morgan fingerprint density at radius 3 is 2.71 bits per heavy atom. The lowest BCUT2D eigenvalue weighted by molar-refractivity contribution is 0.247. The summed E-state index contributed by atoms with van der Waals surface area (Å²) in [7, 11) is 0. The Bertz CT molecular complexity index is 600. The summed E-state index contributed by atoms with van der Waals surface area (Å²) < 4.78 is 5.48. The van der Waals surface area contributed by atoms with Crippen molar-refractivity contribution in [3.05, 3.63) is 54.1 Å². The molecule has 110 valence electrons. The Hall–Kier alpha value is -2.69. The molecule has 0 unspecified atom stereocenters. The molecule has 0 aromatic heterocycles. The van der Waals surface area contributed by atoms with E-state index in [2.05, 4.69) is 10.6 Å². The highest BCUT2D eigenvalue weighted by Crippen LogP contribution is 2.19. The number of nitrogen functional groups attached to an aromatic ring is 1. The smallest absolute Gasteiger partial charge is 0.319 e. The Morgan fingerprint density at radius 2 is 1.95 bits per heavy atom. The number of hydrogen-bond acceptors (Lipinski definition) is 3. The molecular weight excluding hydrogens is 266 g/mol. The number of carbonyl (C=O) groups is 1. The van der Waals surface area contributed by atoms with Crippen LogP contribution in [0.4, 0.5) is 16.2 Å². The standard InChI is InChI=1S/C16H19N3O2/c1-12-7-8-14(17)15(11-12)19-16(20)18-9-10-21-13-5-3-2-4-6-13/h2-8,11H,9-10,17H2,1H3,(H2,18,19,20). The quantitative estimate of drug-likeness (QED) is 0.584. The van der Waals surface area contributed by atoms with E-state index in [0.717, 1.165) is 11.3 Å². The van der Waals surface area contributed by atoms with Crippen molar-refractivity contribution in [2.75, 3.05) is 24.2 Å². The third kappa shape index (κ3) is 4.72. The number of carbonyl (C=O) groups excluding carboxylic acids is 1. The Labute approximate surface area is 124 Å². The molecule has 2 aromatic carbocycles. The summed E-state index contributed by atoms with van der Waals surface area (Å²) in [5, 5.41) is 5.44. The first-order valence-corrected chi connectivity index (χ1v) is 6.74. The molecule has 0 radical (unpaired) electrons. The van der Waals surface area contributed by atoms with Crippen LogP contribution in [0, 0.1) is 6.92 Å². The van der Waals surface area contributed by atoms with Crippen molar-refractivity contribution in [1.82, 2.24) is 5.32 Å². The molecule has 5 heteroatoms. The average Bonchev–Trinajstić information content (AvgIpc) is 2.48. The third-order valence-corrected chi connectivity index (χ3v) is 2.86. The Balaban J connectivity index is 1.74. The van der Waals surface area contributed by atoms with Crippen molar-refractivity contribution in [3.8, 4) is 5.75 Å². The molecule has 0 aliphatic rings. The maximum atomic E-state index is 11.8. The fourth-order valence-corrected chi connectivity index (χ4v) is 1.80. The van der Waals surface area contributed by atoms with E-state index in [4.69, 9.17) is 10.5 Å². The highest BCUT2D eigenvalue weighted by atomic mass is 16.5. The summed E-state index contributed by atoms with van der Waals surface area (Å²) in [6.07, 6.45) is 0. The Kier molecular flexibility index (Phi) is 5.04. The van der Waals surface area contributed by atoms with E-state index in [1.165, 1.54) is 0 Å². The topological polar surface area (TPSA) is 76.4 Å². The van der Waals surface area contributed by atoms with Gasteiger partial charge in [-0.05, 0) is 36.8 Å². The van der Waals surface area contributed by atoms with E-state index in [1.807, 2.05) is 49.4 Å². The van der Waals surface area contributed by atoms with Gasteiger partial charge in [0.25, 0.3) is 0 Å². The molecule has 0 heterocycles. The molecule has 4 N–H and O–H groups in total. The predicted octanol–water partition coefficient (Wildman–Crippen LogP) is 2.78. The molecule has 21 heavy (non-hydrogen) atoms. The zero-order chi connectivity index (χ0) is 15.1. The number of aryl methyl sites for hydroxylation is 1. The van der Waals surface area contributed by atoms with E-state index in [0.29, 0.717) is 24.5 Å². The molecule has 0 spiro atoms. The molecule has 0 aliphatic carbocycles. The molecule has 5 nitrogen and oxygen atoms in total. The largest absolute Gasteiger partial charge is 0.492 e. The minimum Gasteiger partial charge on any atom is -0.492 e. The molecule has 2 rings (SSSR count). The number of para-hydroxylation sites is 1. The zero-order valence-electron chi connectivity index (χ0n) is 11.9. The van der Waals surface area contributed by atoms with E-state index in [1.54, 1.807) is 6.07 Å². The van der Waals surface area contributed by atoms with Gasteiger partial charge in [-0.3, -0.25) is 0 Å². The van der Waals surface area contributed by atoms with Crippen molar-refractivity contribution in [3.63, 3.8) is 0 Å². The van der Waals surface area contributed by atoms with Crippen molar-refractivity contribution >= 4 is 17.4 Å². The maximum Gasteiger partial charge on any atom is 0.319 e. The van der Waals surface area contributed by atoms with Crippen LogP contribution in [0.15, 0.2) is 48.5 Å². The van der Waals surface area contributed by atoms with Gasteiger partial charge in [0.05, 0.1) is 17.9 Å². The Morgan fingerprint density at radius 1 is 1.19 bits per heavy atom. The molecule has 0 aliphatic heterocycles. The second kappa shape index (κ2) is 7.19. The molecular formula is C16H19N3O2. The molecule has 0 bridgehead atoms. The number of benzene rings is 2. The zero-order valence-corrected chi connectivity index (χ0v) is 11.9. The van der Waals surface area contributed by atoms with Gasteiger partial charge in [0.15, 0.2) is 0 Å². The fraction of sp³-hybridized carbons (Fsp3) is 0.188. The van der Waals surface area contributed by atoms with E-state index >= 15 is 0 Å². The molecule has 0 saturated heterocycles. The summed E-state index contributed by atoms with van der Waals surface area (Å²) in [5.74, 6) is 0.780. The van der Waals surface area contributed by atoms with Gasteiger partial charge in [0, 0.05) is 0 Å². The molecule has 0 saturated carbocycles. The number of urea groups is 1. The molecule has 0 atom stereocenters. The van der Waals surface area contributed by atoms with Crippen LogP contribution in [-0.2, 0) is 0 Å². The van der Waals surface area contributed by atoms with Crippen LogP contribution in [0.1, 0.15) is 5.56 Å². The summed E-state index contributed by atoms with van der Waals surface area (Å²) >= 11 is 0. The van der Waals surface area contributed by atoms with Gasteiger partial charge in [-0.1, -0.05) is 24.3 Å². The first-order valence-electron chi connectivity index (χ1n) is 6.74. The molecule has 2 amide bonds. The number of hydrogen-bond donors (Lipinski definition) is 3. The number of ether oxygens (including phenoxy) is 1. The third-order valence-electron chi connectivity index (χ3n) is 2.86. The van der Waals surface area contributed by atoms with Crippen molar-refractivity contribution in [1.29, 1.82) is 0 Å². The van der Waals surface area contributed by atoms with Crippen molar-refractivity contribution in [2.45, 2.75) is 6.92 Å². The van der Waals surface area contributed by atoms with Gasteiger partial charge in [0.2, 0.25) is 0 Å². The predicted molar refractivity (Wildman–Crippen MR) is 84.5 cm³/mol. The van der Waals surface area contributed by atoms with Gasteiger partial charge in [-0.2, -0.15) is 0 Å². The lowest BCUT2D eigenvalue weighted by atomic mass is 10.2. The van der Waals surface area contributed by atoms with Crippen LogP contribution in [0.3, 0.4) is 0 Å². The fourth-order valence-electron chi connectivity index (χ4n) is 1.80. The van der Waals surface area contributed by atoms with Crippen LogP contribution in [0.5, 0.6) is 5.75 Å². The highest BCUT2D eigenvalue weighted by Gasteiger charge is 2.04. The van der Waals surface area contributed by atoms with E-state index < -0.39 is 0 Å². The number of anilines is 2. The summed E-state index contributed by atoms with van der Waals surface area (Å²) in [5.41, 5.74) is 7.98. The second-order valence-corrected chi connectivity index (χ2v) is 4.63. The normalized spacial score (nSPS) is 9.95. The summed E-state index contributed by atoms with van der Waals surface area (Å²) in [6.45, 7) is 2.75. The monoisotopic (exact) mass is 285 g/mol. The number of rotatable bonds is 5. The summed E-state index contributed by atoms with van der Waals surface area (Å²) in [4.78, 5) is 11.8. The summed E-state index contributed by atoms with van der Waals surface area (Å²) in [6, 6.07) is 14.6. The van der Waals surface area contributed by atoms with Gasteiger partial charge in [-0.25, -0.2) is 4.79 Å². The van der Waals surface area contributed by atoms with Crippen LogP contribution in [-0.4, -0.2) is 19.2 Å². The van der Waals surface area contributed by atoms with E-state index in [-0.39, 0.29) is 6.03 Å². The van der Waals surface area contributed by atoms with Gasteiger partial charge >= 0.3 is 6.03 Å². The maximum absolute atomic E-state index is 11.8. The van der Waals surface area contributed by atoms with Crippen LogP contribution < -0.4 is 21.1 Å². The van der Waals surface area contributed by atoms with Gasteiger partial charge < -0.3 is 21.1 Å². The molecule has 2 aromatic rings. The van der Waals surface area contributed by atoms with E-state index in [9.17, 15) is 4.79 Å². The van der Waals surface area contributed by atoms with Crippen molar-refractivity contribution < 1.29 is 9.53 Å². The molecule has 0 fully saturated rings. The first-order chi connectivity index (χ1) is 10.1. The van der Waals surface area contributed by atoms with Crippen LogP contribution in [0.25, 0.3) is 0 Å². The second-order valence-electron chi connectivity index (χ2n) is 4.63. The van der Waals surface area contributed by atoms with Crippen molar-refractivity contribution in [2.24, 2.45) is 0 Å². The average molecular weight is 285 g/mol. The number of amides is 2. The minimum atomic E-state index is -0.302. The van der Waals surface area contributed by atoms with Crippen LogP contribution >= 0.6 is 0 Å². The number of nitrogens with one attached hydrogen (secondary N) is 2. The van der Waals surface area contributed by atoms with Gasteiger partial charge in [0.1, 0.15) is 12.4 Å². The minimum absolute atomic E-state index is 0.302. The van der Waals surface area contributed by atoms with Crippen LogP contribution in [0.2, 0.25) is 0 Å². The lowest BCUT2D eigenvalue weighted by Crippen LogP contribution is -2.32. The SMILES string of the molecule is Cc1ccc(N)c(NC(=O)NCCOc2ccccc2)c1.